The number of hydrogen-bond acceptors (Lipinski definition) is 3. The Balaban J connectivity index is 1.45. The number of guanidine groups is 1. The third-order valence-electron chi connectivity index (χ3n) is 5.28. The number of ether oxygens (including phenoxy) is 1. The first-order valence-electron chi connectivity index (χ1n) is 11.4. The van der Waals surface area contributed by atoms with Crippen LogP contribution >= 0.6 is 0 Å². The van der Waals surface area contributed by atoms with E-state index in [1.165, 1.54) is 16.7 Å². The van der Waals surface area contributed by atoms with Gasteiger partial charge in [-0.25, -0.2) is 9.98 Å². The summed E-state index contributed by atoms with van der Waals surface area (Å²) in [6.45, 7) is 10.00. The lowest BCUT2D eigenvalue weighted by molar-refractivity contribution is 0.0646. The molecule has 0 bridgehead atoms. The third kappa shape index (κ3) is 7.54. The molecule has 2 N–H and O–H groups in total. The minimum atomic E-state index is 0.108. The number of imidazole rings is 1. The van der Waals surface area contributed by atoms with Gasteiger partial charge in [-0.05, 0) is 43.9 Å². The Morgan fingerprint density at radius 3 is 2.66 bits per heavy atom. The highest BCUT2D eigenvalue weighted by Crippen LogP contribution is 2.15. The van der Waals surface area contributed by atoms with Crippen molar-refractivity contribution in [1.82, 2.24) is 20.2 Å². The number of aliphatic imine (C=N–C) groups is 1. The standard InChI is InChI=1S/C26H35N5O/c1-4-27-26(29-14-9-17-32-21(2)25-12-6-5-7-13-25)30-19-23-10-8-11-24(18-23)20-31-16-15-28-22(31)3/h5-8,10-13,15-16,18,21H,4,9,14,17,19-20H2,1-3H3,(H2,27,29,30). The van der Waals surface area contributed by atoms with Crippen LogP contribution in [0.5, 0.6) is 0 Å². The molecule has 1 atom stereocenters. The van der Waals surface area contributed by atoms with Crippen LogP contribution in [-0.2, 0) is 17.8 Å². The molecule has 32 heavy (non-hydrogen) atoms. The van der Waals surface area contributed by atoms with Crippen LogP contribution in [0.4, 0.5) is 0 Å². The highest BCUT2D eigenvalue weighted by Gasteiger charge is 2.05. The molecule has 1 heterocycles. The van der Waals surface area contributed by atoms with Gasteiger partial charge in [-0.1, -0.05) is 54.6 Å². The van der Waals surface area contributed by atoms with Crippen molar-refractivity contribution in [3.8, 4) is 0 Å². The summed E-state index contributed by atoms with van der Waals surface area (Å²) >= 11 is 0. The number of nitrogens with zero attached hydrogens (tertiary/aromatic N) is 3. The molecule has 0 aliphatic carbocycles. The lowest BCUT2D eigenvalue weighted by Crippen LogP contribution is -2.38. The molecule has 0 aliphatic rings. The van der Waals surface area contributed by atoms with Gasteiger partial charge in [0.25, 0.3) is 0 Å². The average Bonchev–Trinajstić information content (AvgIpc) is 3.22. The summed E-state index contributed by atoms with van der Waals surface area (Å²) in [5.74, 6) is 1.86. The van der Waals surface area contributed by atoms with Crippen molar-refractivity contribution in [2.45, 2.75) is 46.4 Å². The van der Waals surface area contributed by atoms with Crippen LogP contribution in [0.15, 0.2) is 72.0 Å². The van der Waals surface area contributed by atoms with Gasteiger partial charge in [0, 0.05) is 38.6 Å². The Kier molecular flexibility index (Phi) is 9.32. The molecule has 6 heteroatoms. The Bertz CT molecular complexity index is 967. The van der Waals surface area contributed by atoms with Gasteiger partial charge in [0.15, 0.2) is 5.96 Å². The Morgan fingerprint density at radius 1 is 1.09 bits per heavy atom. The molecule has 3 rings (SSSR count). The van der Waals surface area contributed by atoms with Crippen LogP contribution in [0.25, 0.3) is 0 Å². The highest BCUT2D eigenvalue weighted by molar-refractivity contribution is 5.79. The van der Waals surface area contributed by atoms with Crippen LogP contribution in [0.3, 0.4) is 0 Å². The Morgan fingerprint density at radius 2 is 1.91 bits per heavy atom. The van der Waals surface area contributed by atoms with Gasteiger partial charge in [0.2, 0.25) is 0 Å². The zero-order valence-electron chi connectivity index (χ0n) is 19.4. The van der Waals surface area contributed by atoms with Gasteiger partial charge >= 0.3 is 0 Å². The van der Waals surface area contributed by atoms with Gasteiger partial charge in [0.1, 0.15) is 5.82 Å². The van der Waals surface area contributed by atoms with Crippen LogP contribution in [0.2, 0.25) is 0 Å². The second-order valence-corrected chi connectivity index (χ2v) is 7.82. The summed E-state index contributed by atoms with van der Waals surface area (Å²) in [6, 6.07) is 18.9. The number of aromatic nitrogens is 2. The number of hydrogen-bond donors (Lipinski definition) is 2. The maximum Gasteiger partial charge on any atom is 0.191 e. The smallest absolute Gasteiger partial charge is 0.191 e. The summed E-state index contributed by atoms with van der Waals surface area (Å²) in [7, 11) is 0. The fourth-order valence-electron chi connectivity index (χ4n) is 3.47. The van der Waals surface area contributed by atoms with Crippen molar-refractivity contribution < 1.29 is 4.74 Å². The van der Waals surface area contributed by atoms with Crippen molar-refractivity contribution in [2.24, 2.45) is 4.99 Å². The van der Waals surface area contributed by atoms with E-state index in [1.54, 1.807) is 0 Å². The van der Waals surface area contributed by atoms with E-state index in [-0.39, 0.29) is 6.10 Å². The topological polar surface area (TPSA) is 63.5 Å². The molecule has 3 aromatic rings. The van der Waals surface area contributed by atoms with E-state index in [0.29, 0.717) is 13.2 Å². The first-order chi connectivity index (χ1) is 15.7. The molecule has 170 valence electrons. The second-order valence-electron chi connectivity index (χ2n) is 7.82. The van der Waals surface area contributed by atoms with E-state index < -0.39 is 0 Å². The molecule has 0 fully saturated rings. The Hall–Kier alpha value is -3.12. The molecular formula is C26H35N5O. The van der Waals surface area contributed by atoms with Crippen LogP contribution < -0.4 is 10.6 Å². The minimum absolute atomic E-state index is 0.108. The van der Waals surface area contributed by atoms with Crippen molar-refractivity contribution >= 4 is 5.96 Å². The quantitative estimate of drug-likeness (QED) is 0.266. The van der Waals surface area contributed by atoms with Crippen LogP contribution in [-0.4, -0.2) is 35.2 Å². The predicted molar refractivity (Wildman–Crippen MR) is 131 cm³/mol. The van der Waals surface area contributed by atoms with Gasteiger partial charge < -0.3 is 19.9 Å². The number of benzene rings is 2. The zero-order chi connectivity index (χ0) is 22.6. The molecular weight excluding hydrogens is 398 g/mol. The van der Waals surface area contributed by atoms with E-state index >= 15 is 0 Å². The molecule has 1 aromatic heterocycles. The van der Waals surface area contributed by atoms with E-state index in [9.17, 15) is 0 Å². The van der Waals surface area contributed by atoms with Crippen LogP contribution in [0, 0.1) is 6.92 Å². The van der Waals surface area contributed by atoms with Gasteiger partial charge in [-0.3, -0.25) is 0 Å². The molecule has 0 saturated heterocycles. The molecule has 0 amide bonds. The average molecular weight is 434 g/mol. The van der Waals surface area contributed by atoms with E-state index in [2.05, 4.69) is 70.4 Å². The molecule has 2 aromatic carbocycles. The molecule has 0 spiro atoms. The molecule has 0 radical (unpaired) electrons. The second kappa shape index (κ2) is 12.7. The maximum atomic E-state index is 5.96. The lowest BCUT2D eigenvalue weighted by Gasteiger charge is -2.15. The first kappa shape index (κ1) is 23.5. The summed E-state index contributed by atoms with van der Waals surface area (Å²) in [5, 5.41) is 6.73. The van der Waals surface area contributed by atoms with E-state index in [4.69, 9.17) is 9.73 Å². The van der Waals surface area contributed by atoms with E-state index in [0.717, 1.165) is 37.8 Å². The first-order valence-corrected chi connectivity index (χ1v) is 11.4. The SMILES string of the molecule is CCNC(=NCc1cccc(Cn2ccnc2C)c1)NCCCOC(C)c1ccccc1. The summed E-state index contributed by atoms with van der Waals surface area (Å²) < 4.78 is 8.10. The summed E-state index contributed by atoms with van der Waals surface area (Å²) in [5.41, 5.74) is 3.65. The maximum absolute atomic E-state index is 5.96. The molecule has 1 unspecified atom stereocenters. The van der Waals surface area contributed by atoms with Crippen LogP contribution in [0.1, 0.15) is 48.9 Å². The molecule has 0 saturated carbocycles. The fourth-order valence-corrected chi connectivity index (χ4v) is 3.47. The number of aryl methyl sites for hydroxylation is 1. The monoisotopic (exact) mass is 433 g/mol. The Labute approximate surface area is 191 Å². The van der Waals surface area contributed by atoms with Crippen molar-refractivity contribution in [3.63, 3.8) is 0 Å². The van der Waals surface area contributed by atoms with Gasteiger partial charge in [-0.15, -0.1) is 0 Å². The minimum Gasteiger partial charge on any atom is -0.374 e. The van der Waals surface area contributed by atoms with Gasteiger partial charge in [0.05, 0.1) is 12.6 Å². The highest BCUT2D eigenvalue weighted by atomic mass is 16.5. The fraction of sp³-hybridized carbons (Fsp3) is 0.385. The largest absolute Gasteiger partial charge is 0.374 e. The summed E-state index contributed by atoms with van der Waals surface area (Å²) in [6.07, 6.45) is 4.88. The summed E-state index contributed by atoms with van der Waals surface area (Å²) in [4.78, 5) is 9.05. The molecule has 0 aliphatic heterocycles. The van der Waals surface area contributed by atoms with Gasteiger partial charge in [-0.2, -0.15) is 0 Å². The molecule has 6 nitrogen and oxygen atoms in total. The zero-order valence-corrected chi connectivity index (χ0v) is 19.4. The van der Waals surface area contributed by atoms with E-state index in [1.807, 2.05) is 37.5 Å². The van der Waals surface area contributed by atoms with Crippen molar-refractivity contribution in [1.29, 1.82) is 0 Å². The predicted octanol–water partition coefficient (Wildman–Crippen LogP) is 4.46. The van der Waals surface area contributed by atoms with Crippen molar-refractivity contribution in [3.05, 3.63) is 89.5 Å². The number of rotatable bonds is 11. The normalized spacial score (nSPS) is 12.5. The third-order valence-corrected chi connectivity index (χ3v) is 5.28. The lowest BCUT2D eigenvalue weighted by atomic mass is 10.1. The number of nitrogens with one attached hydrogen (secondary N) is 2. The van der Waals surface area contributed by atoms with Crippen molar-refractivity contribution in [2.75, 3.05) is 19.7 Å².